The van der Waals surface area contributed by atoms with E-state index >= 15 is 0 Å². The van der Waals surface area contributed by atoms with Crippen LogP contribution in [-0.2, 0) is 4.57 Å². The maximum Gasteiger partial charge on any atom is 0.0786 e. The molecule has 5 nitrogen and oxygen atoms in total. The zero-order valence-corrected chi connectivity index (χ0v) is 28.6. The first-order valence-corrected chi connectivity index (χ1v) is 18.0. The fourth-order valence-corrected chi connectivity index (χ4v) is 5.29. The Balaban J connectivity index is -0.000000564. The smallest absolute Gasteiger partial charge is 0.0786 e. The molecule has 0 aromatic rings. The molecule has 0 aromatic carbocycles. The third-order valence-corrected chi connectivity index (χ3v) is 7.89. The number of hydrogen-bond donors (Lipinski definition) is 0. The first-order valence-electron chi connectivity index (χ1n) is 16.8. The third kappa shape index (κ3) is 27.6. The Morgan fingerprint density at radius 3 is 0.553 bits per heavy atom. The van der Waals surface area contributed by atoms with Gasteiger partial charge in [0.15, 0.2) is 0 Å². The molecule has 0 aliphatic rings. The number of hydrogen-bond acceptors (Lipinski definition) is 3. The topological polar surface area (TPSA) is 63.2 Å². The van der Waals surface area contributed by atoms with E-state index in [1.165, 1.54) is 164 Å². The van der Waals surface area contributed by atoms with Crippen molar-refractivity contribution in [1.82, 2.24) is 0 Å². The van der Waals surface area contributed by atoms with Gasteiger partial charge in [0.2, 0.25) is 0 Å². The molecule has 0 fully saturated rings. The molecule has 38 heavy (non-hydrogen) atoms. The van der Waals surface area contributed by atoms with E-state index in [9.17, 15) is 0 Å². The molecular formula is C32H73N2O3P. The Kier molecular flexibility index (Phi) is 35.4. The van der Waals surface area contributed by atoms with E-state index in [0.717, 1.165) is 0 Å². The molecule has 0 rings (SSSR count). The minimum Gasteiger partial charge on any atom is -0.813 e. The summed E-state index contributed by atoms with van der Waals surface area (Å²) in [6, 6.07) is 0. The molecule has 0 bridgehead atoms. The fraction of sp³-hybridized carbons (Fsp3) is 1.00. The Morgan fingerprint density at radius 2 is 0.474 bits per heavy atom. The van der Waals surface area contributed by atoms with Crippen LogP contribution in [-0.4, -0.2) is 61.3 Å². The molecule has 0 amide bonds. The zero-order chi connectivity index (χ0) is 29.5. The highest BCUT2D eigenvalue weighted by Crippen LogP contribution is 2.17. The van der Waals surface area contributed by atoms with Gasteiger partial charge in [-0.05, 0) is 51.4 Å². The number of nitrogens with zero attached hydrogens (tertiary/aromatic N) is 2. The summed E-state index contributed by atoms with van der Waals surface area (Å²) in [5, 5.41) is 0. The second-order valence-electron chi connectivity index (χ2n) is 11.6. The lowest BCUT2D eigenvalue weighted by atomic mass is 10.1. The van der Waals surface area contributed by atoms with E-state index in [-0.39, 0.29) is 0 Å². The molecule has 0 saturated heterocycles. The fourth-order valence-electron chi connectivity index (χ4n) is 5.29. The molecule has 0 heterocycles. The Morgan fingerprint density at radius 1 is 0.368 bits per heavy atom. The molecule has 0 radical (unpaired) electrons. The van der Waals surface area contributed by atoms with Gasteiger partial charge < -0.3 is 23.3 Å². The summed E-state index contributed by atoms with van der Waals surface area (Å²) in [6.45, 7) is 30.0. The number of unbranched alkanes of at least 4 members (excludes halogenated alkanes) is 8. The molecule has 6 heteroatoms. The van der Waals surface area contributed by atoms with Crippen molar-refractivity contribution in [1.29, 1.82) is 0 Å². The largest absolute Gasteiger partial charge is 0.813 e. The van der Waals surface area contributed by atoms with Crippen LogP contribution in [0, 0.1) is 0 Å². The van der Waals surface area contributed by atoms with Crippen molar-refractivity contribution in [2.24, 2.45) is 0 Å². The van der Waals surface area contributed by atoms with Crippen LogP contribution in [0.4, 0.5) is 0 Å². The number of rotatable bonds is 24. The van der Waals surface area contributed by atoms with Crippen LogP contribution in [0.3, 0.4) is 0 Å². The molecule has 0 atom stereocenters. The van der Waals surface area contributed by atoms with Crippen LogP contribution in [0.1, 0.15) is 158 Å². The van der Waals surface area contributed by atoms with Crippen molar-refractivity contribution < 1.29 is 23.3 Å². The van der Waals surface area contributed by atoms with Gasteiger partial charge in [-0.2, -0.15) is 0 Å². The van der Waals surface area contributed by atoms with Crippen LogP contribution in [0.25, 0.3) is 0 Å². The lowest BCUT2D eigenvalue weighted by Crippen LogP contribution is -2.50. The second-order valence-corrected chi connectivity index (χ2v) is 12.1. The highest BCUT2D eigenvalue weighted by atomic mass is 31.1. The summed E-state index contributed by atoms with van der Waals surface area (Å²) in [4.78, 5) is 17.0. The molecule has 0 N–H and O–H groups in total. The summed E-state index contributed by atoms with van der Waals surface area (Å²) in [5.74, 6) is 0. The van der Waals surface area contributed by atoms with Crippen molar-refractivity contribution in [3.8, 4) is 0 Å². The van der Waals surface area contributed by atoms with E-state index < -0.39 is 8.25 Å². The molecular weight excluding hydrogens is 491 g/mol. The van der Waals surface area contributed by atoms with Crippen LogP contribution >= 0.6 is 8.25 Å². The van der Waals surface area contributed by atoms with Gasteiger partial charge in [-0.1, -0.05) is 115 Å². The summed E-state index contributed by atoms with van der Waals surface area (Å²) < 4.78 is 11.4. The summed E-state index contributed by atoms with van der Waals surface area (Å²) in [6.07, 6.45) is 22.1. The van der Waals surface area contributed by atoms with Crippen LogP contribution in [0.2, 0.25) is 0 Å². The zero-order valence-electron chi connectivity index (χ0n) is 27.6. The van der Waals surface area contributed by atoms with Gasteiger partial charge in [0.1, 0.15) is 0 Å². The van der Waals surface area contributed by atoms with Crippen molar-refractivity contribution in [2.75, 3.05) is 52.4 Å². The Labute approximate surface area is 241 Å². The van der Waals surface area contributed by atoms with Crippen molar-refractivity contribution >= 4 is 8.25 Å². The van der Waals surface area contributed by atoms with E-state index in [1.54, 1.807) is 0 Å². The lowest BCUT2D eigenvalue weighted by Gasteiger charge is -2.39. The second kappa shape index (κ2) is 31.6. The minimum absolute atomic E-state index is 1.35. The van der Waals surface area contributed by atoms with Crippen molar-refractivity contribution in [2.45, 2.75) is 158 Å². The highest BCUT2D eigenvalue weighted by molar-refractivity contribution is 7.27. The summed E-state index contributed by atoms with van der Waals surface area (Å²) >= 11 is 0. The van der Waals surface area contributed by atoms with Crippen molar-refractivity contribution in [3.63, 3.8) is 0 Å². The third-order valence-electron chi connectivity index (χ3n) is 7.89. The molecule has 234 valence electrons. The van der Waals surface area contributed by atoms with Gasteiger partial charge in [0.25, 0.3) is 0 Å². The van der Waals surface area contributed by atoms with Crippen molar-refractivity contribution in [3.05, 3.63) is 0 Å². The summed E-state index contributed by atoms with van der Waals surface area (Å²) in [5.41, 5.74) is 0. The SMILES string of the molecule is CCCC[N+](CCCC)(CCCC)CCCC.CCCC[N+](CCCC)(CCCC)CCCC.O=[PH]([O-])[O-]. The maximum absolute atomic E-state index is 8.52. The average molecular weight is 565 g/mol. The van der Waals surface area contributed by atoms with Crippen LogP contribution in [0.15, 0.2) is 0 Å². The maximum atomic E-state index is 8.52. The first kappa shape index (κ1) is 42.5. The standard InChI is InChI=1S/2C16H36N.H3O3P/c2*1-5-9-13-17(14-10-6-2,15-11-7-3)16-12-8-4;1-4(2)3/h2*5-16H2,1-4H3;4H,(H2,1,2,3)/q2*+1;/p-2. The Hall–Kier alpha value is 0.0700. The van der Waals surface area contributed by atoms with Gasteiger partial charge in [-0.3, -0.25) is 0 Å². The molecule has 0 aliphatic heterocycles. The van der Waals surface area contributed by atoms with Gasteiger partial charge in [0, 0.05) is 0 Å². The monoisotopic (exact) mass is 565 g/mol. The molecule has 0 aliphatic carbocycles. The van der Waals surface area contributed by atoms with E-state index in [4.69, 9.17) is 14.4 Å². The van der Waals surface area contributed by atoms with E-state index in [1.807, 2.05) is 0 Å². The highest BCUT2D eigenvalue weighted by Gasteiger charge is 2.25. The molecule has 0 saturated carbocycles. The minimum atomic E-state index is -3.63. The van der Waals surface area contributed by atoms with Gasteiger partial charge in [-0.15, -0.1) is 0 Å². The van der Waals surface area contributed by atoms with Crippen LogP contribution in [0.5, 0.6) is 0 Å². The first-order chi connectivity index (χ1) is 18.2. The number of quaternary nitrogens is 2. The Bertz CT molecular complexity index is 363. The lowest BCUT2D eigenvalue weighted by molar-refractivity contribution is -0.929. The summed E-state index contributed by atoms with van der Waals surface area (Å²) in [7, 11) is -3.63. The van der Waals surface area contributed by atoms with E-state index in [2.05, 4.69) is 55.4 Å². The van der Waals surface area contributed by atoms with Gasteiger partial charge in [0.05, 0.1) is 52.4 Å². The molecule has 0 unspecified atom stereocenters. The average Bonchev–Trinajstić information content (AvgIpc) is 2.91. The quantitative estimate of drug-likeness (QED) is 0.0879. The normalized spacial score (nSPS) is 11.7. The van der Waals surface area contributed by atoms with Crippen LogP contribution < -0.4 is 9.79 Å². The van der Waals surface area contributed by atoms with Gasteiger partial charge in [-0.25, -0.2) is 0 Å². The molecule has 0 spiro atoms. The van der Waals surface area contributed by atoms with Gasteiger partial charge >= 0.3 is 0 Å². The predicted octanol–water partition coefficient (Wildman–Crippen LogP) is 8.10. The predicted molar refractivity (Wildman–Crippen MR) is 168 cm³/mol. The van der Waals surface area contributed by atoms with E-state index in [0.29, 0.717) is 0 Å². The molecule has 0 aromatic heterocycles.